The summed E-state index contributed by atoms with van der Waals surface area (Å²) in [5, 5.41) is 6.93. The lowest BCUT2D eigenvalue weighted by atomic mass is 10.2. The van der Waals surface area contributed by atoms with Gasteiger partial charge < -0.3 is 20.1 Å². The highest BCUT2D eigenvalue weighted by Crippen LogP contribution is 2.24. The Morgan fingerprint density at radius 3 is 2.39 bits per heavy atom. The van der Waals surface area contributed by atoms with Gasteiger partial charge in [0, 0.05) is 24.8 Å². The fourth-order valence-corrected chi connectivity index (χ4v) is 3.29. The zero-order chi connectivity index (χ0) is 21.6. The maximum atomic E-state index is 6.02. The van der Waals surface area contributed by atoms with Gasteiger partial charge in [0.1, 0.15) is 18.1 Å². The predicted octanol–water partition coefficient (Wildman–Crippen LogP) is 6.75. The third kappa shape index (κ3) is 8.25. The minimum absolute atomic E-state index is 0.559. The van der Waals surface area contributed by atoms with E-state index >= 15 is 0 Å². The molecule has 0 bridgehead atoms. The van der Waals surface area contributed by atoms with E-state index in [0.717, 1.165) is 54.6 Å². The van der Waals surface area contributed by atoms with Gasteiger partial charge in [-0.1, -0.05) is 74.7 Å². The largest absolute Gasteiger partial charge is 0.494 e. The Morgan fingerprint density at radius 1 is 0.710 bits per heavy atom. The van der Waals surface area contributed by atoms with Crippen molar-refractivity contribution >= 4 is 11.4 Å². The van der Waals surface area contributed by atoms with Crippen LogP contribution < -0.4 is 20.1 Å². The van der Waals surface area contributed by atoms with E-state index in [0.29, 0.717) is 6.61 Å². The second-order valence-corrected chi connectivity index (χ2v) is 7.56. The van der Waals surface area contributed by atoms with E-state index in [1.807, 2.05) is 54.6 Å². The predicted molar refractivity (Wildman–Crippen MR) is 130 cm³/mol. The first-order chi connectivity index (χ1) is 15.3. The quantitative estimate of drug-likeness (QED) is 0.284. The standard InChI is InChI=1S/C27H34N2O2/c1-2-3-4-10-20-30-25-15-11-14-24(21-25)28-18-19-29-26-16-8-9-17-27(26)31-22-23-12-6-5-7-13-23/h5-9,11-17,21,28-29H,2-4,10,18-20,22H2,1H3. The van der Waals surface area contributed by atoms with Gasteiger partial charge >= 0.3 is 0 Å². The van der Waals surface area contributed by atoms with E-state index in [9.17, 15) is 0 Å². The first kappa shape index (κ1) is 22.5. The highest BCUT2D eigenvalue weighted by molar-refractivity contribution is 5.56. The molecule has 0 amide bonds. The Hall–Kier alpha value is -3.14. The van der Waals surface area contributed by atoms with Crippen molar-refractivity contribution < 1.29 is 9.47 Å². The van der Waals surface area contributed by atoms with Gasteiger partial charge in [0.15, 0.2) is 0 Å². The van der Waals surface area contributed by atoms with Crippen LogP contribution in [0.4, 0.5) is 11.4 Å². The molecule has 3 aromatic rings. The monoisotopic (exact) mass is 418 g/mol. The number of benzene rings is 3. The van der Waals surface area contributed by atoms with E-state index in [4.69, 9.17) is 9.47 Å². The van der Waals surface area contributed by atoms with Crippen LogP contribution in [0.1, 0.15) is 38.2 Å². The first-order valence-corrected chi connectivity index (χ1v) is 11.3. The van der Waals surface area contributed by atoms with Crippen molar-refractivity contribution in [1.29, 1.82) is 0 Å². The molecule has 164 valence electrons. The second kappa shape index (κ2) is 13.2. The Kier molecular flexibility index (Phi) is 9.61. The van der Waals surface area contributed by atoms with E-state index in [-0.39, 0.29) is 0 Å². The minimum Gasteiger partial charge on any atom is -0.494 e. The molecule has 0 radical (unpaired) electrons. The second-order valence-electron chi connectivity index (χ2n) is 7.56. The molecule has 3 aromatic carbocycles. The highest BCUT2D eigenvalue weighted by Gasteiger charge is 2.03. The summed E-state index contributed by atoms with van der Waals surface area (Å²) in [4.78, 5) is 0. The van der Waals surface area contributed by atoms with Gasteiger partial charge in [-0.25, -0.2) is 0 Å². The molecule has 3 rings (SSSR count). The molecule has 0 spiro atoms. The zero-order valence-electron chi connectivity index (χ0n) is 18.5. The molecule has 0 saturated carbocycles. The summed E-state index contributed by atoms with van der Waals surface area (Å²) in [7, 11) is 0. The number of hydrogen-bond acceptors (Lipinski definition) is 4. The maximum absolute atomic E-state index is 6.02. The average Bonchev–Trinajstić information content (AvgIpc) is 2.82. The molecule has 31 heavy (non-hydrogen) atoms. The number of unbranched alkanes of at least 4 members (excludes halogenated alkanes) is 3. The molecular weight excluding hydrogens is 384 g/mol. The molecule has 0 aliphatic heterocycles. The molecule has 0 aromatic heterocycles. The fraction of sp³-hybridized carbons (Fsp3) is 0.333. The maximum Gasteiger partial charge on any atom is 0.142 e. The van der Waals surface area contributed by atoms with Crippen molar-refractivity contribution in [2.75, 3.05) is 30.3 Å². The molecule has 0 heterocycles. The number of rotatable bonds is 14. The normalized spacial score (nSPS) is 10.5. The lowest BCUT2D eigenvalue weighted by Gasteiger charge is -2.14. The van der Waals surface area contributed by atoms with Crippen molar-refractivity contribution in [2.24, 2.45) is 0 Å². The van der Waals surface area contributed by atoms with E-state index in [1.54, 1.807) is 0 Å². The highest BCUT2D eigenvalue weighted by atomic mass is 16.5. The lowest BCUT2D eigenvalue weighted by molar-refractivity contribution is 0.305. The summed E-state index contributed by atoms with van der Waals surface area (Å²) in [6.45, 7) is 5.15. The van der Waals surface area contributed by atoms with Gasteiger partial charge in [-0.15, -0.1) is 0 Å². The van der Waals surface area contributed by atoms with Crippen LogP contribution in [-0.2, 0) is 6.61 Å². The molecule has 0 saturated heterocycles. The number of hydrogen-bond donors (Lipinski definition) is 2. The Morgan fingerprint density at radius 2 is 1.52 bits per heavy atom. The van der Waals surface area contributed by atoms with Crippen molar-refractivity contribution in [3.05, 3.63) is 84.4 Å². The van der Waals surface area contributed by atoms with Crippen LogP contribution in [0.25, 0.3) is 0 Å². The van der Waals surface area contributed by atoms with Crippen molar-refractivity contribution in [2.45, 2.75) is 39.2 Å². The third-order valence-electron chi connectivity index (χ3n) is 4.99. The van der Waals surface area contributed by atoms with Crippen molar-refractivity contribution in [3.8, 4) is 11.5 Å². The van der Waals surface area contributed by atoms with Crippen LogP contribution in [0, 0.1) is 0 Å². The average molecular weight is 419 g/mol. The molecule has 0 aliphatic carbocycles. The summed E-state index contributed by atoms with van der Waals surface area (Å²) in [5.74, 6) is 1.79. The number of ether oxygens (including phenoxy) is 2. The molecule has 0 aliphatic rings. The van der Waals surface area contributed by atoms with Crippen LogP contribution in [-0.4, -0.2) is 19.7 Å². The van der Waals surface area contributed by atoms with Gasteiger partial charge in [0.05, 0.1) is 12.3 Å². The van der Waals surface area contributed by atoms with E-state index in [1.165, 1.54) is 19.3 Å². The lowest BCUT2D eigenvalue weighted by Crippen LogP contribution is -2.14. The third-order valence-corrected chi connectivity index (χ3v) is 4.99. The van der Waals surface area contributed by atoms with Crippen LogP contribution >= 0.6 is 0 Å². The number of nitrogens with one attached hydrogen (secondary N) is 2. The van der Waals surface area contributed by atoms with E-state index < -0.39 is 0 Å². The molecule has 2 N–H and O–H groups in total. The summed E-state index contributed by atoms with van der Waals surface area (Å²) >= 11 is 0. The van der Waals surface area contributed by atoms with Gasteiger partial charge in [0.25, 0.3) is 0 Å². The summed E-state index contributed by atoms with van der Waals surface area (Å²) in [6.07, 6.45) is 4.87. The zero-order valence-corrected chi connectivity index (χ0v) is 18.5. The number of para-hydroxylation sites is 2. The van der Waals surface area contributed by atoms with Gasteiger partial charge in [0.2, 0.25) is 0 Å². The Labute approximate surface area is 186 Å². The SMILES string of the molecule is CCCCCCOc1cccc(NCCNc2ccccc2OCc2ccccc2)c1. The van der Waals surface area contributed by atoms with Crippen molar-refractivity contribution in [3.63, 3.8) is 0 Å². The van der Waals surface area contributed by atoms with Gasteiger partial charge in [-0.05, 0) is 36.2 Å². The molecule has 4 nitrogen and oxygen atoms in total. The molecule has 0 atom stereocenters. The fourth-order valence-electron chi connectivity index (χ4n) is 3.29. The van der Waals surface area contributed by atoms with Crippen molar-refractivity contribution in [1.82, 2.24) is 0 Å². The van der Waals surface area contributed by atoms with Gasteiger partial charge in [-0.3, -0.25) is 0 Å². The summed E-state index contributed by atoms with van der Waals surface area (Å²) in [5.41, 5.74) is 3.23. The minimum atomic E-state index is 0.559. The molecule has 0 unspecified atom stereocenters. The van der Waals surface area contributed by atoms with Crippen LogP contribution in [0.3, 0.4) is 0 Å². The van der Waals surface area contributed by atoms with Crippen LogP contribution in [0.15, 0.2) is 78.9 Å². The Balaban J connectivity index is 1.41. The van der Waals surface area contributed by atoms with Crippen LogP contribution in [0.5, 0.6) is 11.5 Å². The van der Waals surface area contributed by atoms with Crippen LogP contribution in [0.2, 0.25) is 0 Å². The van der Waals surface area contributed by atoms with Gasteiger partial charge in [-0.2, -0.15) is 0 Å². The molecular formula is C27H34N2O2. The molecule has 0 fully saturated rings. The molecule has 4 heteroatoms. The smallest absolute Gasteiger partial charge is 0.142 e. The number of anilines is 2. The Bertz CT molecular complexity index is 883. The first-order valence-electron chi connectivity index (χ1n) is 11.3. The summed E-state index contributed by atoms with van der Waals surface area (Å²) < 4.78 is 11.9. The summed E-state index contributed by atoms with van der Waals surface area (Å²) in [6, 6.07) is 26.5. The topological polar surface area (TPSA) is 42.5 Å². The van der Waals surface area contributed by atoms with E-state index in [2.05, 4.69) is 41.8 Å².